The lowest BCUT2D eigenvalue weighted by Gasteiger charge is -1.97. The zero-order valence-corrected chi connectivity index (χ0v) is 6.06. The first kappa shape index (κ1) is 9.63. The molecule has 5 N–H and O–H groups in total. The highest BCUT2D eigenvalue weighted by Crippen LogP contribution is 1.79. The molecule has 0 aromatic rings. The van der Waals surface area contributed by atoms with Crippen LogP contribution in [0.5, 0.6) is 0 Å². The van der Waals surface area contributed by atoms with Crippen LogP contribution >= 0.6 is 0 Å². The summed E-state index contributed by atoms with van der Waals surface area (Å²) >= 11 is 0. The Kier molecular flexibility index (Phi) is 3.89. The summed E-state index contributed by atoms with van der Waals surface area (Å²) in [5.74, 6) is -0.247. The smallest absolute Gasteiger partial charge is 0.362 e. The van der Waals surface area contributed by atoms with E-state index in [2.05, 4.69) is 4.99 Å². The van der Waals surface area contributed by atoms with Gasteiger partial charge in [-0.25, -0.2) is 10.2 Å². The molecule has 0 bridgehead atoms. The number of nitrogens with one attached hydrogen (secondary N) is 1. The van der Waals surface area contributed by atoms with Gasteiger partial charge in [-0.2, -0.15) is 0 Å². The maximum absolute atomic E-state index is 9.84. The molecule has 0 spiro atoms. The third kappa shape index (κ3) is 6.52. The average Bonchev–Trinajstić information content (AvgIpc) is 1.82. The molecule has 0 aliphatic rings. The lowest BCUT2D eigenvalue weighted by atomic mass is 10.4. The number of guanidine groups is 1. The summed E-state index contributed by atoms with van der Waals surface area (Å²) in [5.41, 5.74) is 6.80. The lowest BCUT2D eigenvalue weighted by molar-refractivity contribution is -0.822. The molecule has 0 aliphatic carbocycles. The minimum atomic E-state index is -0.630. The van der Waals surface area contributed by atoms with Gasteiger partial charge in [0, 0.05) is 0 Å². The SMILES string of the molecule is CC(O)CN=C(N)N[N+](=O)O. The van der Waals surface area contributed by atoms with Gasteiger partial charge in [-0.1, -0.05) is 0 Å². The third-order valence-corrected chi connectivity index (χ3v) is 0.736. The predicted octanol–water partition coefficient (Wildman–Crippen LogP) is -1.65. The molecule has 0 aliphatic heterocycles. The first-order chi connectivity index (χ1) is 5.02. The van der Waals surface area contributed by atoms with Gasteiger partial charge in [-0.3, -0.25) is 0 Å². The normalized spacial score (nSPS) is 14.2. The quantitative estimate of drug-likeness (QED) is 0.226. The van der Waals surface area contributed by atoms with Crippen molar-refractivity contribution in [2.75, 3.05) is 6.54 Å². The van der Waals surface area contributed by atoms with E-state index in [1.165, 1.54) is 6.92 Å². The number of aliphatic hydroxyl groups excluding tert-OH is 1. The number of hydrazine groups is 1. The highest BCUT2D eigenvalue weighted by atomic mass is 16.7. The highest BCUT2D eigenvalue weighted by Gasteiger charge is 2.04. The Labute approximate surface area is 63.0 Å². The molecule has 0 rings (SSSR count). The molecular weight excluding hydrogens is 152 g/mol. The van der Waals surface area contributed by atoms with E-state index in [1.54, 1.807) is 5.43 Å². The monoisotopic (exact) mass is 163 g/mol. The molecule has 0 saturated heterocycles. The van der Waals surface area contributed by atoms with Gasteiger partial charge in [-0.15, -0.1) is 0 Å². The summed E-state index contributed by atoms with van der Waals surface area (Å²) < 4.78 is 0. The van der Waals surface area contributed by atoms with Crippen molar-refractivity contribution >= 4 is 5.96 Å². The van der Waals surface area contributed by atoms with Crippen molar-refractivity contribution < 1.29 is 15.3 Å². The van der Waals surface area contributed by atoms with Crippen LogP contribution in [0.4, 0.5) is 0 Å². The Morgan fingerprint density at radius 2 is 2.45 bits per heavy atom. The van der Waals surface area contributed by atoms with E-state index in [4.69, 9.17) is 16.0 Å². The van der Waals surface area contributed by atoms with Gasteiger partial charge >= 0.3 is 5.03 Å². The molecular formula is C4H11N4O3+. The van der Waals surface area contributed by atoms with Crippen LogP contribution in [0.1, 0.15) is 6.92 Å². The summed E-state index contributed by atoms with van der Waals surface area (Å²) in [6, 6.07) is 0. The maximum atomic E-state index is 9.84. The van der Waals surface area contributed by atoms with Gasteiger partial charge in [0.25, 0.3) is 5.96 Å². The Hall–Kier alpha value is -1.37. The fourth-order valence-corrected chi connectivity index (χ4v) is 0.364. The van der Waals surface area contributed by atoms with E-state index < -0.39 is 11.1 Å². The Morgan fingerprint density at radius 1 is 1.91 bits per heavy atom. The second-order valence-electron chi connectivity index (χ2n) is 1.96. The molecule has 7 heteroatoms. The van der Waals surface area contributed by atoms with E-state index in [-0.39, 0.29) is 12.5 Å². The Balaban J connectivity index is 3.72. The Bertz CT molecular complexity index is 167. The summed E-state index contributed by atoms with van der Waals surface area (Å²) in [4.78, 5) is 13.3. The predicted molar refractivity (Wildman–Crippen MR) is 36.7 cm³/mol. The van der Waals surface area contributed by atoms with E-state index >= 15 is 0 Å². The molecule has 0 radical (unpaired) electrons. The fourth-order valence-electron chi connectivity index (χ4n) is 0.364. The minimum Gasteiger partial charge on any atom is -0.391 e. The largest absolute Gasteiger partial charge is 0.391 e. The second kappa shape index (κ2) is 4.45. The number of aliphatic imine (C=N–C) groups is 1. The molecule has 0 aromatic heterocycles. The average molecular weight is 163 g/mol. The van der Waals surface area contributed by atoms with Crippen molar-refractivity contribution in [3.63, 3.8) is 0 Å². The fraction of sp³-hybridized carbons (Fsp3) is 0.750. The summed E-state index contributed by atoms with van der Waals surface area (Å²) in [5, 5.41) is 16.2. The number of hydrogen-bond acceptors (Lipinski definition) is 3. The topological polar surface area (TPSA) is 111 Å². The van der Waals surface area contributed by atoms with E-state index in [0.717, 1.165) is 0 Å². The van der Waals surface area contributed by atoms with Gasteiger partial charge in [-0.05, 0) is 12.3 Å². The minimum absolute atomic E-state index is 0.0761. The molecule has 0 amide bonds. The van der Waals surface area contributed by atoms with Gasteiger partial charge in [0.1, 0.15) is 4.91 Å². The molecule has 64 valence electrons. The number of rotatable bonds is 3. The number of nitrogens with zero attached hydrogens (tertiary/aromatic N) is 2. The molecule has 0 heterocycles. The standard InChI is InChI=1S/C4H11N4O3/c1-3(9)2-6-4(5)7-8(10)11/h3,9H,2H2,1H3,(H,10,11)(H3,5,6,7)/q+1. The molecule has 7 nitrogen and oxygen atoms in total. The first-order valence-electron chi connectivity index (χ1n) is 2.93. The lowest BCUT2D eigenvalue weighted by Crippen LogP contribution is -2.37. The molecule has 11 heavy (non-hydrogen) atoms. The first-order valence-corrected chi connectivity index (χ1v) is 2.93. The maximum Gasteiger partial charge on any atom is 0.362 e. The second-order valence-corrected chi connectivity index (χ2v) is 1.96. The van der Waals surface area contributed by atoms with Gasteiger partial charge < -0.3 is 10.8 Å². The van der Waals surface area contributed by atoms with Crippen molar-refractivity contribution in [2.45, 2.75) is 13.0 Å². The van der Waals surface area contributed by atoms with Crippen molar-refractivity contribution in [3.05, 3.63) is 4.91 Å². The van der Waals surface area contributed by atoms with Crippen LogP contribution < -0.4 is 11.2 Å². The van der Waals surface area contributed by atoms with Crippen LogP contribution in [0.3, 0.4) is 0 Å². The molecule has 0 saturated carbocycles. The summed E-state index contributed by atoms with van der Waals surface area (Å²) in [6.07, 6.45) is -0.630. The van der Waals surface area contributed by atoms with Crippen LogP contribution in [-0.2, 0) is 0 Å². The van der Waals surface area contributed by atoms with Crippen LogP contribution in [0.15, 0.2) is 4.99 Å². The summed E-state index contributed by atoms with van der Waals surface area (Å²) in [6.45, 7) is 1.59. The Morgan fingerprint density at radius 3 is 2.82 bits per heavy atom. The van der Waals surface area contributed by atoms with E-state index in [9.17, 15) is 4.91 Å². The van der Waals surface area contributed by atoms with Gasteiger partial charge in [0.15, 0.2) is 0 Å². The number of hydrogen-bond donors (Lipinski definition) is 4. The number of nitrogens with two attached hydrogens (primary N) is 1. The zero-order chi connectivity index (χ0) is 8.85. The highest BCUT2D eigenvalue weighted by molar-refractivity contribution is 5.76. The van der Waals surface area contributed by atoms with Crippen molar-refractivity contribution in [1.82, 2.24) is 5.43 Å². The van der Waals surface area contributed by atoms with Crippen molar-refractivity contribution in [1.29, 1.82) is 0 Å². The zero-order valence-electron chi connectivity index (χ0n) is 6.06. The van der Waals surface area contributed by atoms with Gasteiger partial charge in [0.05, 0.1) is 12.6 Å². The summed E-state index contributed by atoms with van der Waals surface area (Å²) in [7, 11) is 0. The number of aliphatic hydroxyl groups is 1. The van der Waals surface area contributed by atoms with Crippen LogP contribution in [0.25, 0.3) is 0 Å². The molecule has 0 aromatic carbocycles. The van der Waals surface area contributed by atoms with Crippen LogP contribution in [0, 0.1) is 4.91 Å². The van der Waals surface area contributed by atoms with Crippen LogP contribution in [0.2, 0.25) is 0 Å². The van der Waals surface area contributed by atoms with E-state index in [1.807, 2.05) is 0 Å². The third-order valence-electron chi connectivity index (χ3n) is 0.736. The van der Waals surface area contributed by atoms with Crippen molar-refractivity contribution in [2.24, 2.45) is 10.7 Å². The molecule has 0 fully saturated rings. The van der Waals surface area contributed by atoms with Crippen molar-refractivity contribution in [3.8, 4) is 0 Å². The van der Waals surface area contributed by atoms with Gasteiger partial charge in [0.2, 0.25) is 0 Å². The van der Waals surface area contributed by atoms with Crippen LogP contribution in [-0.4, -0.2) is 34.0 Å². The van der Waals surface area contributed by atoms with E-state index in [0.29, 0.717) is 0 Å². The molecule has 1 atom stereocenters. The molecule has 1 unspecified atom stereocenters.